The molecule has 0 radical (unpaired) electrons. The number of hydrogen-bond acceptors (Lipinski definition) is 1. The maximum absolute atomic E-state index is 2.57. The number of likely N-dealkylation sites (N-methyl/N-ethyl adjacent to an activating group) is 1. The van der Waals surface area contributed by atoms with Crippen molar-refractivity contribution in [2.24, 2.45) is 0 Å². The summed E-state index contributed by atoms with van der Waals surface area (Å²) in [5.74, 6) is 0. The third kappa shape index (κ3) is 4.05. The standard InChI is InChI=1S/C9H21N2.HI/c1-4-5-10-6-8-11(2,3)9-7-10;/h4-9H2,1-3H3;1H/q+1;/p-1. The Balaban J connectivity index is 0.00000121. The van der Waals surface area contributed by atoms with E-state index >= 15 is 0 Å². The molecule has 3 heteroatoms. The molecule has 1 rings (SSSR count). The monoisotopic (exact) mass is 284 g/mol. The lowest BCUT2D eigenvalue weighted by molar-refractivity contribution is -0.894. The first-order valence-electron chi connectivity index (χ1n) is 4.68. The molecule has 0 aliphatic carbocycles. The van der Waals surface area contributed by atoms with Gasteiger partial charge in [-0.25, -0.2) is 0 Å². The third-order valence-electron chi connectivity index (χ3n) is 2.58. The van der Waals surface area contributed by atoms with Crippen molar-refractivity contribution in [1.82, 2.24) is 4.90 Å². The van der Waals surface area contributed by atoms with Crippen molar-refractivity contribution in [3.05, 3.63) is 0 Å². The predicted molar refractivity (Wildman–Crippen MR) is 48.6 cm³/mol. The first-order valence-corrected chi connectivity index (χ1v) is 4.68. The van der Waals surface area contributed by atoms with Gasteiger partial charge in [0.15, 0.2) is 0 Å². The number of rotatable bonds is 2. The zero-order chi connectivity index (χ0) is 8.32. The van der Waals surface area contributed by atoms with Crippen LogP contribution in [0.25, 0.3) is 0 Å². The van der Waals surface area contributed by atoms with Crippen molar-refractivity contribution < 1.29 is 28.5 Å². The fourth-order valence-electron chi connectivity index (χ4n) is 1.59. The van der Waals surface area contributed by atoms with E-state index in [4.69, 9.17) is 0 Å². The highest BCUT2D eigenvalue weighted by atomic mass is 127. The van der Waals surface area contributed by atoms with E-state index in [-0.39, 0.29) is 24.0 Å². The van der Waals surface area contributed by atoms with Gasteiger partial charge < -0.3 is 28.5 Å². The zero-order valence-corrected chi connectivity index (χ0v) is 10.7. The molecule has 1 fully saturated rings. The topological polar surface area (TPSA) is 3.24 Å². The molecule has 1 aliphatic rings. The summed E-state index contributed by atoms with van der Waals surface area (Å²) in [4.78, 5) is 2.57. The van der Waals surface area contributed by atoms with Gasteiger partial charge >= 0.3 is 0 Å². The maximum atomic E-state index is 2.57. The Morgan fingerprint density at radius 3 is 2.08 bits per heavy atom. The molecule has 0 amide bonds. The lowest BCUT2D eigenvalue weighted by atomic mass is 10.3. The van der Waals surface area contributed by atoms with E-state index in [9.17, 15) is 0 Å². The van der Waals surface area contributed by atoms with Gasteiger partial charge in [-0.1, -0.05) is 6.92 Å². The van der Waals surface area contributed by atoms with Crippen LogP contribution >= 0.6 is 0 Å². The maximum Gasteiger partial charge on any atom is 0.0912 e. The Kier molecular flexibility index (Phi) is 5.69. The van der Waals surface area contributed by atoms with Gasteiger partial charge in [0.2, 0.25) is 0 Å². The highest BCUT2D eigenvalue weighted by Crippen LogP contribution is 2.06. The van der Waals surface area contributed by atoms with Crippen LogP contribution in [-0.2, 0) is 0 Å². The molecule has 2 nitrogen and oxygen atoms in total. The molecule has 0 saturated carbocycles. The van der Waals surface area contributed by atoms with Crippen LogP contribution in [0.1, 0.15) is 13.3 Å². The molecule has 12 heavy (non-hydrogen) atoms. The van der Waals surface area contributed by atoms with E-state index in [1.54, 1.807) is 0 Å². The van der Waals surface area contributed by atoms with E-state index in [0.29, 0.717) is 0 Å². The summed E-state index contributed by atoms with van der Waals surface area (Å²) < 4.78 is 1.21. The van der Waals surface area contributed by atoms with E-state index in [2.05, 4.69) is 25.9 Å². The molecule has 0 spiro atoms. The molecule has 1 aliphatic heterocycles. The molecular formula is C9H21IN2. The van der Waals surface area contributed by atoms with Gasteiger partial charge in [0.25, 0.3) is 0 Å². The van der Waals surface area contributed by atoms with Crippen LogP contribution in [0.5, 0.6) is 0 Å². The highest BCUT2D eigenvalue weighted by molar-refractivity contribution is 4.60. The van der Waals surface area contributed by atoms with Crippen molar-refractivity contribution >= 4 is 0 Å². The summed E-state index contributed by atoms with van der Waals surface area (Å²) in [6.45, 7) is 8.77. The van der Waals surface area contributed by atoms with Crippen molar-refractivity contribution in [1.29, 1.82) is 0 Å². The SMILES string of the molecule is CCCN1CC[N+](C)(C)CC1.[I-]. The molecule has 1 saturated heterocycles. The number of quaternary nitrogens is 1. The Bertz CT molecular complexity index is 116. The quantitative estimate of drug-likeness (QED) is 0.411. The molecule has 0 unspecified atom stereocenters. The van der Waals surface area contributed by atoms with Gasteiger partial charge in [0.05, 0.1) is 27.2 Å². The van der Waals surface area contributed by atoms with Gasteiger partial charge in [0, 0.05) is 13.1 Å². The average Bonchev–Trinajstić information content (AvgIpc) is 1.94. The molecule has 0 aromatic rings. The van der Waals surface area contributed by atoms with Gasteiger partial charge in [-0.05, 0) is 13.0 Å². The van der Waals surface area contributed by atoms with E-state index in [1.165, 1.54) is 43.6 Å². The van der Waals surface area contributed by atoms with Crippen molar-refractivity contribution in [3.8, 4) is 0 Å². The molecule has 0 aromatic heterocycles. The van der Waals surface area contributed by atoms with Crippen LogP contribution in [0.2, 0.25) is 0 Å². The molecule has 0 atom stereocenters. The van der Waals surface area contributed by atoms with Crippen molar-refractivity contribution in [3.63, 3.8) is 0 Å². The average molecular weight is 284 g/mol. The normalized spacial score (nSPS) is 23.2. The molecule has 74 valence electrons. The van der Waals surface area contributed by atoms with Gasteiger partial charge in [-0.15, -0.1) is 0 Å². The van der Waals surface area contributed by atoms with Gasteiger partial charge in [0.1, 0.15) is 0 Å². The molecular weight excluding hydrogens is 263 g/mol. The molecule has 0 N–H and O–H groups in total. The second-order valence-electron chi connectivity index (χ2n) is 4.22. The summed E-state index contributed by atoms with van der Waals surface area (Å²) in [6.07, 6.45) is 1.30. The Morgan fingerprint density at radius 2 is 1.67 bits per heavy atom. The minimum Gasteiger partial charge on any atom is -1.00 e. The van der Waals surface area contributed by atoms with Crippen LogP contribution in [0, 0.1) is 0 Å². The van der Waals surface area contributed by atoms with Crippen LogP contribution in [0.15, 0.2) is 0 Å². The Morgan fingerprint density at radius 1 is 1.17 bits per heavy atom. The Labute approximate surface area is 93.5 Å². The summed E-state index contributed by atoms with van der Waals surface area (Å²) >= 11 is 0. The van der Waals surface area contributed by atoms with Crippen molar-refractivity contribution in [2.75, 3.05) is 46.8 Å². The summed E-state index contributed by atoms with van der Waals surface area (Å²) in [6, 6.07) is 0. The number of hydrogen-bond donors (Lipinski definition) is 0. The largest absolute Gasteiger partial charge is 1.00 e. The van der Waals surface area contributed by atoms with E-state index in [0.717, 1.165) is 0 Å². The van der Waals surface area contributed by atoms with Crippen LogP contribution in [-0.4, -0.2) is 56.2 Å². The van der Waals surface area contributed by atoms with Gasteiger partial charge in [-0.2, -0.15) is 0 Å². The molecule has 1 heterocycles. The van der Waals surface area contributed by atoms with Crippen LogP contribution < -0.4 is 24.0 Å². The molecule has 0 aromatic carbocycles. The first kappa shape index (κ1) is 12.7. The summed E-state index contributed by atoms with van der Waals surface area (Å²) in [5.41, 5.74) is 0. The minimum atomic E-state index is 0. The zero-order valence-electron chi connectivity index (χ0n) is 8.52. The lowest BCUT2D eigenvalue weighted by Gasteiger charge is -2.38. The lowest BCUT2D eigenvalue weighted by Crippen LogP contribution is -3.00. The second kappa shape index (κ2) is 5.40. The first-order chi connectivity index (χ1) is 5.14. The van der Waals surface area contributed by atoms with Crippen molar-refractivity contribution in [2.45, 2.75) is 13.3 Å². The third-order valence-corrected chi connectivity index (χ3v) is 2.58. The summed E-state index contributed by atoms with van der Waals surface area (Å²) in [5, 5.41) is 0. The predicted octanol–water partition coefficient (Wildman–Crippen LogP) is -2.21. The van der Waals surface area contributed by atoms with Crippen LogP contribution in [0.4, 0.5) is 0 Å². The highest BCUT2D eigenvalue weighted by Gasteiger charge is 2.22. The van der Waals surface area contributed by atoms with E-state index in [1.807, 2.05) is 0 Å². The fraction of sp³-hybridized carbons (Fsp3) is 1.00. The minimum absolute atomic E-state index is 0. The second-order valence-corrected chi connectivity index (χ2v) is 4.22. The number of piperazine rings is 1. The molecule has 0 bridgehead atoms. The number of nitrogens with zero attached hydrogens (tertiary/aromatic N) is 2. The van der Waals surface area contributed by atoms with E-state index < -0.39 is 0 Å². The fourth-order valence-corrected chi connectivity index (χ4v) is 1.59. The Hall–Kier alpha value is 0.650. The number of halogens is 1. The van der Waals surface area contributed by atoms with Gasteiger partial charge in [-0.3, -0.25) is 4.90 Å². The smallest absolute Gasteiger partial charge is 0.0912 e. The summed E-state index contributed by atoms with van der Waals surface area (Å²) in [7, 11) is 4.65. The van der Waals surface area contributed by atoms with Crippen LogP contribution in [0.3, 0.4) is 0 Å².